The first-order chi connectivity index (χ1) is 9.45. The van der Waals surface area contributed by atoms with Crippen LogP contribution >= 0.6 is 0 Å². The largest absolute Gasteiger partial charge is 0.453 e. The van der Waals surface area contributed by atoms with Gasteiger partial charge in [-0.25, -0.2) is 0 Å². The van der Waals surface area contributed by atoms with Crippen molar-refractivity contribution in [2.24, 2.45) is 0 Å². The van der Waals surface area contributed by atoms with E-state index in [0.717, 1.165) is 0 Å². The van der Waals surface area contributed by atoms with Crippen molar-refractivity contribution < 1.29 is 19.2 Å². The second-order valence-electron chi connectivity index (χ2n) is 4.15. The van der Waals surface area contributed by atoms with E-state index in [4.69, 9.17) is 4.74 Å². The van der Waals surface area contributed by atoms with Gasteiger partial charge < -0.3 is 10.1 Å². The summed E-state index contributed by atoms with van der Waals surface area (Å²) in [6.07, 6.45) is -0.158. The van der Waals surface area contributed by atoms with E-state index in [9.17, 15) is 19.7 Å². The Balaban J connectivity index is 2.71. The number of amides is 1. The topological polar surface area (TPSA) is 98.5 Å². The first-order valence-corrected chi connectivity index (χ1v) is 6.19. The van der Waals surface area contributed by atoms with Gasteiger partial charge in [-0.2, -0.15) is 0 Å². The van der Waals surface area contributed by atoms with Gasteiger partial charge in [0.25, 0.3) is 11.6 Å². The fourth-order valence-corrected chi connectivity index (χ4v) is 1.49. The molecule has 1 amide bonds. The van der Waals surface area contributed by atoms with Crippen molar-refractivity contribution in [3.05, 3.63) is 34.4 Å². The number of carbonyl (C=O) groups excluding carboxylic acids is 2. The van der Waals surface area contributed by atoms with Crippen molar-refractivity contribution in [1.29, 1.82) is 0 Å². The molecule has 108 valence electrons. The van der Waals surface area contributed by atoms with Gasteiger partial charge in [0.05, 0.1) is 4.92 Å². The third-order valence-corrected chi connectivity index (χ3v) is 2.49. The molecule has 20 heavy (non-hydrogen) atoms. The summed E-state index contributed by atoms with van der Waals surface area (Å²) >= 11 is 0. The Kier molecular flexibility index (Phi) is 5.64. The lowest BCUT2D eigenvalue weighted by molar-refractivity contribution is -0.383. The standard InChI is InChI=1S/C13H16N2O5/c1-3-6-12(16)20-9(2)13(17)14-10-7-4-5-8-11(10)15(18)19/h4-5,7-9H,3,6H2,1-2H3,(H,14,17)/t9-/m0/s1. The summed E-state index contributed by atoms with van der Waals surface area (Å²) in [5.41, 5.74) is -0.145. The van der Waals surface area contributed by atoms with Gasteiger partial charge in [-0.15, -0.1) is 0 Å². The summed E-state index contributed by atoms with van der Waals surface area (Å²) in [4.78, 5) is 33.3. The number of para-hydroxylation sites is 2. The van der Waals surface area contributed by atoms with Gasteiger partial charge >= 0.3 is 5.97 Å². The molecule has 7 heteroatoms. The number of nitrogens with zero attached hydrogens (tertiary/aromatic N) is 1. The molecule has 0 saturated carbocycles. The maximum Gasteiger partial charge on any atom is 0.306 e. The molecule has 7 nitrogen and oxygen atoms in total. The van der Waals surface area contributed by atoms with Crippen LogP contribution in [0.2, 0.25) is 0 Å². The molecule has 0 unspecified atom stereocenters. The highest BCUT2D eigenvalue weighted by atomic mass is 16.6. The average molecular weight is 280 g/mol. The van der Waals surface area contributed by atoms with Crippen LogP contribution in [0.4, 0.5) is 11.4 Å². The predicted octanol–water partition coefficient (Wildman–Crippen LogP) is 2.27. The first kappa shape index (κ1) is 15.6. The first-order valence-electron chi connectivity index (χ1n) is 6.19. The molecule has 0 aliphatic rings. The molecule has 1 aromatic rings. The van der Waals surface area contributed by atoms with Crippen molar-refractivity contribution in [2.45, 2.75) is 32.8 Å². The molecule has 1 rings (SSSR count). The fourth-order valence-electron chi connectivity index (χ4n) is 1.49. The molecule has 0 saturated heterocycles. The highest BCUT2D eigenvalue weighted by Gasteiger charge is 2.21. The van der Waals surface area contributed by atoms with E-state index in [1.807, 2.05) is 6.92 Å². The summed E-state index contributed by atoms with van der Waals surface area (Å²) in [6.45, 7) is 3.23. The van der Waals surface area contributed by atoms with E-state index in [1.54, 1.807) is 6.07 Å². The number of nitro benzene ring substituents is 1. The molecular formula is C13H16N2O5. The molecule has 1 N–H and O–H groups in total. The molecule has 0 aromatic heterocycles. The number of hydrogen-bond acceptors (Lipinski definition) is 5. The number of ether oxygens (including phenoxy) is 1. The van der Waals surface area contributed by atoms with Crippen molar-refractivity contribution in [1.82, 2.24) is 0 Å². The van der Waals surface area contributed by atoms with Crippen LogP contribution in [0.15, 0.2) is 24.3 Å². The van der Waals surface area contributed by atoms with Crippen LogP contribution in [0.25, 0.3) is 0 Å². The zero-order chi connectivity index (χ0) is 15.1. The van der Waals surface area contributed by atoms with Crippen molar-refractivity contribution in [3.8, 4) is 0 Å². The van der Waals surface area contributed by atoms with E-state index in [1.165, 1.54) is 25.1 Å². The Labute approximate surface area is 116 Å². The van der Waals surface area contributed by atoms with E-state index >= 15 is 0 Å². The maximum atomic E-state index is 11.8. The summed E-state index contributed by atoms with van der Waals surface area (Å²) in [6, 6.07) is 5.76. The number of nitrogens with one attached hydrogen (secondary N) is 1. The predicted molar refractivity (Wildman–Crippen MR) is 72.2 cm³/mol. The smallest absolute Gasteiger partial charge is 0.306 e. The quantitative estimate of drug-likeness (QED) is 0.489. The van der Waals surface area contributed by atoms with Crippen LogP contribution in [-0.2, 0) is 14.3 Å². The average Bonchev–Trinajstić information content (AvgIpc) is 2.39. The van der Waals surface area contributed by atoms with Crippen molar-refractivity contribution >= 4 is 23.3 Å². The van der Waals surface area contributed by atoms with Gasteiger partial charge in [-0.05, 0) is 19.4 Å². The summed E-state index contributed by atoms with van der Waals surface area (Å²) in [7, 11) is 0. The number of rotatable bonds is 6. The van der Waals surface area contributed by atoms with Crippen LogP contribution in [0.3, 0.4) is 0 Å². The van der Waals surface area contributed by atoms with Crippen LogP contribution in [0.1, 0.15) is 26.7 Å². The molecule has 1 atom stereocenters. The number of benzene rings is 1. The van der Waals surface area contributed by atoms with Gasteiger partial charge in [-0.1, -0.05) is 19.1 Å². The van der Waals surface area contributed by atoms with E-state index in [-0.39, 0.29) is 17.8 Å². The van der Waals surface area contributed by atoms with E-state index < -0.39 is 22.9 Å². The summed E-state index contributed by atoms with van der Waals surface area (Å²) in [5.74, 6) is -1.08. The van der Waals surface area contributed by atoms with Crippen LogP contribution in [0.5, 0.6) is 0 Å². The Hall–Kier alpha value is -2.44. The Morgan fingerprint density at radius 1 is 1.40 bits per heavy atom. The minimum absolute atomic E-state index is 0.0703. The minimum Gasteiger partial charge on any atom is -0.453 e. The van der Waals surface area contributed by atoms with Gasteiger partial charge in [0.2, 0.25) is 0 Å². The van der Waals surface area contributed by atoms with Gasteiger partial charge in [0, 0.05) is 12.5 Å². The number of nitro groups is 1. The number of carbonyl (C=O) groups is 2. The number of anilines is 1. The van der Waals surface area contributed by atoms with Crippen LogP contribution in [0, 0.1) is 10.1 Å². The molecule has 0 aliphatic carbocycles. The number of esters is 1. The lowest BCUT2D eigenvalue weighted by atomic mass is 10.2. The van der Waals surface area contributed by atoms with Crippen LogP contribution in [-0.4, -0.2) is 22.9 Å². The maximum absolute atomic E-state index is 11.8. The third kappa shape index (κ3) is 4.34. The highest BCUT2D eigenvalue weighted by Crippen LogP contribution is 2.23. The van der Waals surface area contributed by atoms with Gasteiger partial charge in [0.15, 0.2) is 6.10 Å². The molecular weight excluding hydrogens is 264 g/mol. The molecule has 0 aliphatic heterocycles. The Morgan fingerprint density at radius 3 is 2.65 bits per heavy atom. The molecule has 0 heterocycles. The molecule has 0 fully saturated rings. The lowest BCUT2D eigenvalue weighted by Crippen LogP contribution is -2.30. The number of hydrogen-bond donors (Lipinski definition) is 1. The summed E-state index contributed by atoms with van der Waals surface area (Å²) in [5, 5.41) is 13.2. The van der Waals surface area contributed by atoms with E-state index in [2.05, 4.69) is 5.32 Å². The second-order valence-corrected chi connectivity index (χ2v) is 4.15. The molecule has 0 spiro atoms. The third-order valence-electron chi connectivity index (χ3n) is 2.49. The van der Waals surface area contributed by atoms with Gasteiger partial charge in [0.1, 0.15) is 5.69 Å². The highest BCUT2D eigenvalue weighted by molar-refractivity contribution is 5.96. The van der Waals surface area contributed by atoms with Crippen molar-refractivity contribution in [2.75, 3.05) is 5.32 Å². The molecule has 1 aromatic carbocycles. The monoisotopic (exact) mass is 280 g/mol. The molecule has 0 bridgehead atoms. The lowest BCUT2D eigenvalue weighted by Gasteiger charge is -2.13. The zero-order valence-electron chi connectivity index (χ0n) is 11.3. The summed E-state index contributed by atoms with van der Waals surface area (Å²) < 4.78 is 4.90. The SMILES string of the molecule is CCCC(=O)O[C@@H](C)C(=O)Nc1ccccc1[N+](=O)[O-]. The Bertz CT molecular complexity index is 515. The Morgan fingerprint density at radius 2 is 2.05 bits per heavy atom. The second kappa shape index (κ2) is 7.22. The molecule has 0 radical (unpaired) electrons. The van der Waals surface area contributed by atoms with Crippen molar-refractivity contribution in [3.63, 3.8) is 0 Å². The minimum atomic E-state index is -1.01. The van der Waals surface area contributed by atoms with Crippen LogP contribution < -0.4 is 5.32 Å². The fraction of sp³-hybridized carbons (Fsp3) is 0.385. The normalized spacial score (nSPS) is 11.5. The zero-order valence-corrected chi connectivity index (χ0v) is 11.3. The van der Waals surface area contributed by atoms with E-state index in [0.29, 0.717) is 6.42 Å². The van der Waals surface area contributed by atoms with Gasteiger partial charge in [-0.3, -0.25) is 19.7 Å².